The number of thioether (sulfide) groups is 2. The average Bonchev–Trinajstić information content (AvgIpc) is 3.06. The van der Waals surface area contributed by atoms with E-state index in [9.17, 15) is 24.9 Å². The normalized spacial score (nSPS) is 10.4. The fourth-order valence-corrected chi connectivity index (χ4v) is 6.44. The van der Waals surface area contributed by atoms with E-state index in [1.54, 1.807) is 32.9 Å². The van der Waals surface area contributed by atoms with Gasteiger partial charge in [-0.3, -0.25) is 0 Å². The van der Waals surface area contributed by atoms with Gasteiger partial charge in [0.05, 0.1) is 36.5 Å². The van der Waals surface area contributed by atoms with Gasteiger partial charge in [-0.15, -0.1) is 35.9 Å². The highest BCUT2D eigenvalue weighted by Crippen LogP contribution is 2.35. The molecular weight excluding hydrogens is 672 g/mol. The van der Waals surface area contributed by atoms with E-state index >= 15 is 0 Å². The minimum Gasteiger partial charge on any atom is -0.465 e. The van der Waals surface area contributed by atoms with Crippen molar-refractivity contribution in [3.63, 3.8) is 0 Å². The molecule has 0 saturated carbocycles. The van der Waals surface area contributed by atoms with Gasteiger partial charge in [0.15, 0.2) is 0 Å². The Bertz CT molecular complexity index is 1860. The molecule has 0 fully saturated rings. The van der Waals surface area contributed by atoms with Crippen molar-refractivity contribution in [3.8, 4) is 12.1 Å². The predicted molar refractivity (Wildman–Crippen MR) is 192 cm³/mol. The van der Waals surface area contributed by atoms with Crippen molar-refractivity contribution >= 4 is 75.5 Å². The molecule has 0 aliphatic rings. The van der Waals surface area contributed by atoms with Gasteiger partial charge < -0.3 is 25.3 Å². The van der Waals surface area contributed by atoms with E-state index in [1.807, 2.05) is 48.5 Å². The van der Waals surface area contributed by atoms with Gasteiger partial charge in [-0.05, 0) is 54.4 Å². The highest BCUT2D eigenvalue weighted by Gasteiger charge is 2.22. The minimum atomic E-state index is -0.568. The topological polar surface area (TPSA) is 165 Å². The molecule has 48 heavy (non-hydrogen) atoms. The number of carbonyl (C=O) groups excluding carboxylic acids is 3. The fraction of sp³-hybridized carbons (Fsp3) is 0.286. The quantitative estimate of drug-likeness (QED) is 0.0789. The van der Waals surface area contributed by atoms with Crippen molar-refractivity contribution < 1.29 is 28.6 Å². The van der Waals surface area contributed by atoms with Crippen molar-refractivity contribution in [1.82, 2.24) is 5.32 Å². The molecule has 0 aromatic heterocycles. The number of methoxy groups -OCH3 is 2. The fourth-order valence-electron chi connectivity index (χ4n) is 4.51. The molecule has 4 rings (SSSR count). The summed E-state index contributed by atoms with van der Waals surface area (Å²) in [7, 11) is 2.65. The maximum Gasteiger partial charge on any atom is 0.407 e. The van der Waals surface area contributed by atoms with Gasteiger partial charge in [0.2, 0.25) is 0 Å². The SMILES string of the molecule is COC(=O)c1c(SCCN)c(C#N)cc2ccccc12.COC(=O)c1c(SCCNC(=O)OC(C)(C)C)c(C#N)cc2ccccc12.Cl. The lowest BCUT2D eigenvalue weighted by molar-refractivity contribution is 0.0528. The van der Waals surface area contributed by atoms with Crippen molar-refractivity contribution in [2.45, 2.75) is 36.2 Å². The van der Waals surface area contributed by atoms with Gasteiger partial charge in [0.1, 0.15) is 17.7 Å². The van der Waals surface area contributed by atoms with E-state index in [0.717, 1.165) is 21.5 Å². The number of carbonyl (C=O) groups is 3. The first-order valence-electron chi connectivity index (χ1n) is 14.5. The molecule has 10 nitrogen and oxygen atoms in total. The summed E-state index contributed by atoms with van der Waals surface area (Å²) in [6.45, 7) is 6.18. The summed E-state index contributed by atoms with van der Waals surface area (Å²) in [6, 6.07) is 22.7. The van der Waals surface area contributed by atoms with Gasteiger partial charge >= 0.3 is 18.0 Å². The summed E-state index contributed by atoms with van der Waals surface area (Å²) in [5.74, 6) is 0.177. The van der Waals surface area contributed by atoms with Crippen molar-refractivity contribution in [3.05, 3.63) is 82.9 Å². The number of hydrogen-bond acceptors (Lipinski definition) is 11. The van der Waals surface area contributed by atoms with E-state index in [4.69, 9.17) is 19.9 Å². The van der Waals surface area contributed by atoms with Crippen molar-refractivity contribution in [2.24, 2.45) is 5.73 Å². The van der Waals surface area contributed by atoms with Crippen LogP contribution in [0.5, 0.6) is 0 Å². The van der Waals surface area contributed by atoms with Crippen LogP contribution in [-0.2, 0) is 14.2 Å². The standard InChI is InChI=1S/C20H22N2O4S.C15H14N2O2S.ClH/c1-20(2,3)26-19(24)22-9-10-27-17-14(12-21)11-13-7-5-6-8-15(13)16(17)18(23)25-4;1-19-15(18)13-12-5-3-2-4-10(12)8-11(9-17)14(13)20-7-6-16;/h5-8,11H,9-10H2,1-4H3,(H,22,24);2-5,8H,6-7,16H2,1H3;1H. The summed E-state index contributed by atoms with van der Waals surface area (Å²) in [5, 5.41) is 24.7. The Morgan fingerprint density at radius 3 is 1.62 bits per heavy atom. The summed E-state index contributed by atoms with van der Waals surface area (Å²) >= 11 is 2.73. The Balaban J connectivity index is 0.000000340. The number of amides is 1. The van der Waals surface area contributed by atoms with Gasteiger partial charge in [0.25, 0.3) is 0 Å². The van der Waals surface area contributed by atoms with Crippen LogP contribution < -0.4 is 11.1 Å². The smallest absolute Gasteiger partial charge is 0.407 e. The number of alkyl carbamates (subject to hydrolysis) is 1. The van der Waals surface area contributed by atoms with Crippen molar-refractivity contribution in [1.29, 1.82) is 10.5 Å². The molecule has 13 heteroatoms. The van der Waals surface area contributed by atoms with Crippen LogP contribution in [0.3, 0.4) is 0 Å². The molecule has 0 bridgehead atoms. The van der Waals surface area contributed by atoms with Crippen LogP contribution >= 0.6 is 35.9 Å². The van der Waals surface area contributed by atoms with Crippen LogP contribution in [0.25, 0.3) is 21.5 Å². The zero-order valence-electron chi connectivity index (χ0n) is 27.2. The second-order valence-electron chi connectivity index (χ2n) is 10.8. The van der Waals surface area contributed by atoms with Crippen LogP contribution in [0.15, 0.2) is 70.5 Å². The second-order valence-corrected chi connectivity index (χ2v) is 13.0. The molecule has 0 aliphatic carbocycles. The number of esters is 2. The molecule has 1 amide bonds. The van der Waals surface area contributed by atoms with E-state index in [-0.39, 0.29) is 12.4 Å². The first-order valence-corrected chi connectivity index (χ1v) is 16.5. The molecule has 0 radical (unpaired) electrons. The van der Waals surface area contributed by atoms with E-state index < -0.39 is 23.6 Å². The molecule has 4 aromatic rings. The van der Waals surface area contributed by atoms with E-state index in [2.05, 4.69) is 17.5 Å². The number of hydrogen-bond donors (Lipinski definition) is 2. The molecule has 0 aliphatic heterocycles. The highest BCUT2D eigenvalue weighted by atomic mass is 35.5. The van der Waals surface area contributed by atoms with Crippen LogP contribution in [0, 0.1) is 22.7 Å². The van der Waals surface area contributed by atoms with Crippen LogP contribution in [0.1, 0.15) is 52.6 Å². The van der Waals surface area contributed by atoms with Gasteiger partial charge in [-0.2, -0.15) is 10.5 Å². The van der Waals surface area contributed by atoms with Gasteiger partial charge in [-0.25, -0.2) is 14.4 Å². The number of nitrogens with zero attached hydrogens (tertiary/aromatic N) is 2. The Hall–Kier alpha value is -4.46. The maximum atomic E-state index is 12.4. The third-order valence-electron chi connectivity index (χ3n) is 6.40. The Morgan fingerprint density at radius 1 is 0.792 bits per heavy atom. The number of ether oxygens (including phenoxy) is 3. The Kier molecular flexibility index (Phi) is 15.5. The molecule has 3 N–H and O–H groups in total. The second kappa shape index (κ2) is 18.8. The summed E-state index contributed by atoms with van der Waals surface area (Å²) in [4.78, 5) is 37.4. The monoisotopic (exact) mass is 708 g/mol. The lowest BCUT2D eigenvalue weighted by Gasteiger charge is -2.19. The molecule has 0 atom stereocenters. The number of nitriles is 2. The molecule has 0 saturated heterocycles. The first-order chi connectivity index (χ1) is 22.5. The van der Waals surface area contributed by atoms with Crippen LogP contribution in [0.2, 0.25) is 0 Å². The Morgan fingerprint density at radius 2 is 1.23 bits per heavy atom. The molecular formula is C35H37ClN4O6S2. The van der Waals surface area contributed by atoms with Crippen LogP contribution in [0.4, 0.5) is 4.79 Å². The first kappa shape index (κ1) is 39.7. The number of nitrogens with two attached hydrogens (primary N) is 1. The molecule has 4 aromatic carbocycles. The van der Waals surface area contributed by atoms with Crippen molar-refractivity contribution in [2.75, 3.05) is 38.8 Å². The van der Waals surface area contributed by atoms with Gasteiger partial charge in [-0.1, -0.05) is 48.5 Å². The number of nitrogens with one attached hydrogen (secondary N) is 1. The molecule has 0 heterocycles. The molecule has 0 unspecified atom stereocenters. The Labute approximate surface area is 294 Å². The number of rotatable bonds is 9. The summed E-state index contributed by atoms with van der Waals surface area (Å²) in [6.07, 6.45) is -0.504. The number of halogens is 1. The lowest BCUT2D eigenvalue weighted by atomic mass is 10.0. The number of fused-ring (bicyclic) bond motifs is 2. The lowest BCUT2D eigenvalue weighted by Crippen LogP contribution is -2.33. The maximum absolute atomic E-state index is 12.4. The number of benzene rings is 4. The zero-order valence-corrected chi connectivity index (χ0v) is 29.7. The third-order valence-corrected chi connectivity index (χ3v) is 8.68. The van der Waals surface area contributed by atoms with Gasteiger partial charge in [0, 0.05) is 34.4 Å². The molecule has 252 valence electrons. The van der Waals surface area contributed by atoms with E-state index in [1.165, 1.54) is 37.7 Å². The zero-order chi connectivity index (χ0) is 34.6. The molecule has 0 spiro atoms. The largest absolute Gasteiger partial charge is 0.465 e. The van der Waals surface area contributed by atoms with E-state index in [0.29, 0.717) is 56.6 Å². The minimum absolute atomic E-state index is 0. The highest BCUT2D eigenvalue weighted by molar-refractivity contribution is 7.99. The van der Waals surface area contributed by atoms with Crippen LogP contribution in [-0.4, -0.2) is 62.4 Å². The summed E-state index contributed by atoms with van der Waals surface area (Å²) in [5.41, 5.74) is 6.64. The summed E-state index contributed by atoms with van der Waals surface area (Å²) < 4.78 is 15.0. The average molecular weight is 709 g/mol. The predicted octanol–water partition coefficient (Wildman–Crippen LogP) is 7.09. The third kappa shape index (κ3) is 10.3.